The van der Waals surface area contributed by atoms with Crippen molar-refractivity contribution in [2.75, 3.05) is 18.5 Å². The smallest absolute Gasteiger partial charge is 0.335 e. The van der Waals surface area contributed by atoms with E-state index in [4.69, 9.17) is 14.6 Å². The van der Waals surface area contributed by atoms with E-state index < -0.39 is 5.97 Å². The molecule has 0 aliphatic heterocycles. The summed E-state index contributed by atoms with van der Waals surface area (Å²) >= 11 is 0. The Hall–Kier alpha value is -2.08. The summed E-state index contributed by atoms with van der Waals surface area (Å²) in [4.78, 5) is 22.6. The lowest BCUT2D eigenvalue weighted by molar-refractivity contribution is -0.120. The summed E-state index contributed by atoms with van der Waals surface area (Å²) in [6, 6.07) is 4.32. The second-order valence-electron chi connectivity index (χ2n) is 4.37. The summed E-state index contributed by atoms with van der Waals surface area (Å²) in [5.41, 5.74) is 0.399. The van der Waals surface area contributed by atoms with Crippen LogP contribution in [0.3, 0.4) is 0 Å². The Labute approximate surface area is 117 Å². The SMILES string of the molecule is CCOCC(=O)Nc1cc(C(=O)O)ccc1OC(C)C. The van der Waals surface area contributed by atoms with Gasteiger partial charge >= 0.3 is 5.97 Å². The van der Waals surface area contributed by atoms with Crippen molar-refractivity contribution in [1.82, 2.24) is 0 Å². The van der Waals surface area contributed by atoms with Crippen molar-refractivity contribution >= 4 is 17.6 Å². The van der Waals surface area contributed by atoms with E-state index in [9.17, 15) is 9.59 Å². The van der Waals surface area contributed by atoms with Crippen LogP contribution < -0.4 is 10.1 Å². The maximum Gasteiger partial charge on any atom is 0.335 e. The van der Waals surface area contributed by atoms with E-state index in [2.05, 4.69) is 5.32 Å². The fraction of sp³-hybridized carbons (Fsp3) is 0.429. The van der Waals surface area contributed by atoms with Crippen LogP contribution in [0.15, 0.2) is 18.2 Å². The van der Waals surface area contributed by atoms with Crippen LogP contribution in [0.1, 0.15) is 31.1 Å². The van der Waals surface area contributed by atoms with Crippen molar-refractivity contribution in [2.45, 2.75) is 26.9 Å². The molecule has 1 amide bonds. The Bertz CT molecular complexity index is 484. The number of hydrogen-bond donors (Lipinski definition) is 2. The minimum atomic E-state index is -1.07. The molecule has 0 saturated carbocycles. The molecule has 0 bridgehead atoms. The van der Waals surface area contributed by atoms with Crippen LogP contribution in [-0.4, -0.2) is 36.3 Å². The maximum atomic E-state index is 11.7. The van der Waals surface area contributed by atoms with Gasteiger partial charge in [-0.3, -0.25) is 4.79 Å². The number of carbonyl (C=O) groups excluding carboxylic acids is 1. The third-order valence-electron chi connectivity index (χ3n) is 2.30. The van der Waals surface area contributed by atoms with Gasteiger partial charge in [0.2, 0.25) is 5.91 Å². The maximum absolute atomic E-state index is 11.7. The monoisotopic (exact) mass is 281 g/mol. The van der Waals surface area contributed by atoms with E-state index in [0.29, 0.717) is 18.0 Å². The van der Waals surface area contributed by atoms with E-state index in [1.165, 1.54) is 18.2 Å². The van der Waals surface area contributed by atoms with Crippen molar-refractivity contribution in [1.29, 1.82) is 0 Å². The number of nitrogens with one attached hydrogen (secondary N) is 1. The number of anilines is 1. The van der Waals surface area contributed by atoms with E-state index in [-0.39, 0.29) is 24.2 Å². The number of aromatic carboxylic acids is 1. The van der Waals surface area contributed by atoms with Gasteiger partial charge in [0.1, 0.15) is 12.4 Å². The molecule has 0 aliphatic carbocycles. The van der Waals surface area contributed by atoms with Gasteiger partial charge in [-0.05, 0) is 39.0 Å². The molecule has 0 aliphatic rings. The summed E-state index contributed by atoms with van der Waals surface area (Å²) in [6.07, 6.45) is -0.0896. The minimum absolute atomic E-state index is 0.0767. The first-order valence-corrected chi connectivity index (χ1v) is 6.35. The Balaban J connectivity index is 2.95. The van der Waals surface area contributed by atoms with Gasteiger partial charge < -0.3 is 19.9 Å². The highest BCUT2D eigenvalue weighted by Crippen LogP contribution is 2.27. The number of hydrogen-bond acceptors (Lipinski definition) is 4. The summed E-state index contributed by atoms with van der Waals surface area (Å²) in [5, 5.41) is 11.6. The van der Waals surface area contributed by atoms with Crippen molar-refractivity contribution in [3.05, 3.63) is 23.8 Å². The molecule has 0 heterocycles. The summed E-state index contributed by atoms with van der Waals surface area (Å²) in [6.45, 7) is 5.81. The second-order valence-corrected chi connectivity index (χ2v) is 4.37. The average Bonchev–Trinajstić information content (AvgIpc) is 2.37. The minimum Gasteiger partial charge on any atom is -0.489 e. The molecule has 0 atom stereocenters. The Morgan fingerprint density at radius 2 is 2.05 bits per heavy atom. The number of amides is 1. The topological polar surface area (TPSA) is 84.9 Å². The molecular weight excluding hydrogens is 262 g/mol. The third-order valence-corrected chi connectivity index (χ3v) is 2.30. The van der Waals surface area contributed by atoms with Crippen LogP contribution in [0.4, 0.5) is 5.69 Å². The van der Waals surface area contributed by atoms with Gasteiger partial charge in [0.25, 0.3) is 0 Å². The molecule has 20 heavy (non-hydrogen) atoms. The zero-order valence-corrected chi connectivity index (χ0v) is 11.8. The summed E-state index contributed by atoms with van der Waals surface area (Å²) in [7, 11) is 0. The molecule has 0 aromatic heterocycles. The highest BCUT2D eigenvalue weighted by atomic mass is 16.5. The van der Waals surface area contributed by atoms with E-state index in [1.54, 1.807) is 6.92 Å². The van der Waals surface area contributed by atoms with Crippen LogP contribution in [0.2, 0.25) is 0 Å². The fourth-order valence-electron chi connectivity index (χ4n) is 1.50. The van der Waals surface area contributed by atoms with Crippen molar-refractivity contribution in [2.24, 2.45) is 0 Å². The zero-order chi connectivity index (χ0) is 15.1. The highest BCUT2D eigenvalue weighted by Gasteiger charge is 2.13. The molecule has 1 aromatic rings. The summed E-state index contributed by atoms with van der Waals surface area (Å²) < 4.78 is 10.5. The predicted octanol–water partition coefficient (Wildman–Crippen LogP) is 2.15. The van der Waals surface area contributed by atoms with Crippen LogP contribution in [0, 0.1) is 0 Å². The number of ether oxygens (including phenoxy) is 2. The Morgan fingerprint density at radius 1 is 1.35 bits per heavy atom. The number of carboxylic acids is 1. The van der Waals surface area contributed by atoms with E-state index in [1.807, 2.05) is 13.8 Å². The molecule has 0 unspecified atom stereocenters. The van der Waals surface area contributed by atoms with E-state index in [0.717, 1.165) is 0 Å². The van der Waals surface area contributed by atoms with Gasteiger partial charge in [-0.15, -0.1) is 0 Å². The van der Waals surface area contributed by atoms with Crippen molar-refractivity contribution in [3.63, 3.8) is 0 Å². The molecule has 110 valence electrons. The number of carbonyl (C=O) groups is 2. The first-order valence-electron chi connectivity index (χ1n) is 6.35. The molecule has 1 rings (SSSR count). The van der Waals surface area contributed by atoms with Gasteiger partial charge in [-0.2, -0.15) is 0 Å². The summed E-state index contributed by atoms with van der Waals surface area (Å²) in [5.74, 6) is -1.00. The molecule has 2 N–H and O–H groups in total. The number of rotatable bonds is 7. The fourth-order valence-corrected chi connectivity index (χ4v) is 1.50. The lowest BCUT2D eigenvalue weighted by atomic mass is 10.2. The van der Waals surface area contributed by atoms with Crippen LogP contribution in [0.5, 0.6) is 5.75 Å². The molecule has 6 heteroatoms. The molecule has 0 radical (unpaired) electrons. The molecule has 1 aromatic carbocycles. The average molecular weight is 281 g/mol. The largest absolute Gasteiger partial charge is 0.489 e. The van der Waals surface area contributed by atoms with E-state index >= 15 is 0 Å². The number of benzene rings is 1. The normalized spacial score (nSPS) is 10.4. The van der Waals surface area contributed by atoms with Gasteiger partial charge in [0.05, 0.1) is 17.4 Å². The van der Waals surface area contributed by atoms with Gasteiger partial charge in [0.15, 0.2) is 0 Å². The quantitative estimate of drug-likeness (QED) is 0.800. The molecule has 6 nitrogen and oxygen atoms in total. The Kier molecular flexibility index (Phi) is 5.99. The van der Waals surface area contributed by atoms with Gasteiger partial charge in [-0.1, -0.05) is 0 Å². The highest BCUT2D eigenvalue weighted by molar-refractivity contribution is 5.96. The predicted molar refractivity (Wildman–Crippen MR) is 74.3 cm³/mol. The van der Waals surface area contributed by atoms with Crippen molar-refractivity contribution < 1.29 is 24.2 Å². The van der Waals surface area contributed by atoms with Gasteiger partial charge in [-0.25, -0.2) is 4.79 Å². The van der Waals surface area contributed by atoms with Gasteiger partial charge in [0, 0.05) is 6.61 Å². The third kappa shape index (κ3) is 4.89. The molecule has 0 saturated heterocycles. The molecule has 0 spiro atoms. The standard InChI is InChI=1S/C14H19NO5/c1-4-19-8-13(16)15-11-7-10(14(17)18)5-6-12(11)20-9(2)3/h5-7,9H,4,8H2,1-3H3,(H,15,16)(H,17,18). The second kappa shape index (κ2) is 7.49. The first-order chi connectivity index (χ1) is 9.43. The van der Waals surface area contributed by atoms with Crippen LogP contribution >= 0.6 is 0 Å². The van der Waals surface area contributed by atoms with Crippen LogP contribution in [-0.2, 0) is 9.53 Å². The zero-order valence-electron chi connectivity index (χ0n) is 11.8. The van der Waals surface area contributed by atoms with Crippen molar-refractivity contribution in [3.8, 4) is 5.75 Å². The molecular formula is C14H19NO5. The lowest BCUT2D eigenvalue weighted by Gasteiger charge is -2.15. The molecule has 0 fully saturated rings. The first kappa shape index (κ1) is 16.0. The number of carboxylic acid groups (broad SMARTS) is 1. The Morgan fingerprint density at radius 3 is 2.60 bits per heavy atom. The van der Waals surface area contributed by atoms with Crippen LogP contribution in [0.25, 0.3) is 0 Å². The lowest BCUT2D eigenvalue weighted by Crippen LogP contribution is -2.19.